The number of hydrogen-bond donors (Lipinski definition) is 1. The van der Waals surface area contributed by atoms with E-state index in [-0.39, 0.29) is 0 Å². The maximum absolute atomic E-state index is 11.7. The summed E-state index contributed by atoms with van der Waals surface area (Å²) in [4.78, 5) is 11.7. The van der Waals surface area contributed by atoms with Crippen LogP contribution in [-0.2, 0) is 4.74 Å². The summed E-state index contributed by atoms with van der Waals surface area (Å²) in [6, 6.07) is 4.72. The molecule has 0 heterocycles. The Labute approximate surface area is 94.2 Å². The molecule has 2 N–H and O–H groups in total. The van der Waals surface area contributed by atoms with E-state index in [9.17, 15) is 4.79 Å². The normalized spacial score (nSPS) is 11.2. The largest absolute Gasteiger partial charge is 0.456 e. The minimum atomic E-state index is -0.537. The third-order valence-electron chi connectivity index (χ3n) is 1.61. The van der Waals surface area contributed by atoms with E-state index in [2.05, 4.69) is 0 Å². The first-order valence-corrected chi connectivity index (χ1v) is 4.96. The molecule has 0 amide bonds. The molecule has 4 heteroatoms. The van der Waals surface area contributed by atoms with Gasteiger partial charge >= 0.3 is 5.97 Å². The summed E-state index contributed by atoms with van der Waals surface area (Å²) in [6.45, 7) is 5.39. The highest BCUT2D eigenvalue weighted by atomic mass is 35.5. The fraction of sp³-hybridized carbons (Fsp3) is 0.364. The first-order valence-electron chi connectivity index (χ1n) is 4.58. The van der Waals surface area contributed by atoms with Crippen LogP contribution in [0, 0.1) is 0 Å². The summed E-state index contributed by atoms with van der Waals surface area (Å²) in [6.07, 6.45) is 0. The average molecular weight is 228 g/mol. The Morgan fingerprint density at radius 3 is 2.53 bits per heavy atom. The lowest BCUT2D eigenvalue weighted by Gasteiger charge is -2.19. The number of benzene rings is 1. The third-order valence-corrected chi connectivity index (χ3v) is 1.94. The molecule has 3 nitrogen and oxygen atoms in total. The van der Waals surface area contributed by atoms with E-state index < -0.39 is 11.6 Å². The summed E-state index contributed by atoms with van der Waals surface area (Å²) < 4.78 is 5.18. The second-order valence-electron chi connectivity index (χ2n) is 4.24. The van der Waals surface area contributed by atoms with E-state index in [0.29, 0.717) is 16.3 Å². The first-order chi connectivity index (χ1) is 6.79. The molecule has 15 heavy (non-hydrogen) atoms. The average Bonchev–Trinajstić information content (AvgIpc) is 2.06. The van der Waals surface area contributed by atoms with Gasteiger partial charge in [-0.05, 0) is 39.0 Å². The zero-order valence-corrected chi connectivity index (χ0v) is 9.76. The number of esters is 1. The Balaban J connectivity index is 2.96. The molecule has 0 aromatic heterocycles. The van der Waals surface area contributed by atoms with Crippen LogP contribution >= 0.6 is 11.6 Å². The summed E-state index contributed by atoms with van der Waals surface area (Å²) in [5.41, 5.74) is 5.81. The van der Waals surface area contributed by atoms with Crippen LogP contribution in [0.3, 0.4) is 0 Å². The van der Waals surface area contributed by atoms with Crippen LogP contribution in [0.1, 0.15) is 31.1 Å². The molecule has 0 saturated carbocycles. The van der Waals surface area contributed by atoms with Crippen LogP contribution in [0.2, 0.25) is 5.02 Å². The van der Waals surface area contributed by atoms with Gasteiger partial charge in [0.25, 0.3) is 0 Å². The van der Waals surface area contributed by atoms with E-state index >= 15 is 0 Å². The van der Waals surface area contributed by atoms with Crippen molar-refractivity contribution in [2.45, 2.75) is 26.4 Å². The Morgan fingerprint density at radius 1 is 1.40 bits per heavy atom. The van der Waals surface area contributed by atoms with Crippen LogP contribution in [0.25, 0.3) is 0 Å². The van der Waals surface area contributed by atoms with Crippen molar-refractivity contribution < 1.29 is 9.53 Å². The van der Waals surface area contributed by atoms with Crippen LogP contribution in [0.5, 0.6) is 0 Å². The van der Waals surface area contributed by atoms with Crippen molar-refractivity contribution in [2.75, 3.05) is 5.73 Å². The molecule has 0 atom stereocenters. The molecule has 1 aromatic carbocycles. The minimum Gasteiger partial charge on any atom is -0.456 e. The Morgan fingerprint density at radius 2 is 2.00 bits per heavy atom. The highest BCUT2D eigenvalue weighted by molar-refractivity contribution is 6.33. The predicted octanol–water partition coefficient (Wildman–Crippen LogP) is 2.88. The monoisotopic (exact) mass is 227 g/mol. The van der Waals surface area contributed by atoms with Gasteiger partial charge in [-0.25, -0.2) is 4.79 Å². The molecule has 0 aliphatic carbocycles. The fourth-order valence-electron chi connectivity index (χ4n) is 1.03. The molecule has 0 fully saturated rings. The summed E-state index contributed by atoms with van der Waals surface area (Å²) in [5, 5.41) is 0.346. The topological polar surface area (TPSA) is 52.3 Å². The molecular weight excluding hydrogens is 214 g/mol. The van der Waals surface area contributed by atoms with Gasteiger partial charge < -0.3 is 10.5 Å². The SMILES string of the molecule is CC(C)(C)OC(=O)c1cc(N)ccc1Cl. The number of anilines is 1. The van der Waals surface area contributed by atoms with Crippen LogP contribution in [0.15, 0.2) is 18.2 Å². The highest BCUT2D eigenvalue weighted by Gasteiger charge is 2.19. The van der Waals surface area contributed by atoms with Crippen molar-refractivity contribution in [3.63, 3.8) is 0 Å². The first kappa shape index (κ1) is 11.9. The van der Waals surface area contributed by atoms with Crippen LogP contribution < -0.4 is 5.73 Å². The van der Waals surface area contributed by atoms with E-state index in [1.807, 2.05) is 0 Å². The molecule has 0 radical (unpaired) electrons. The van der Waals surface area contributed by atoms with Crippen molar-refractivity contribution in [1.82, 2.24) is 0 Å². The van der Waals surface area contributed by atoms with E-state index in [4.69, 9.17) is 22.1 Å². The predicted molar refractivity (Wildman–Crippen MR) is 61.0 cm³/mol. The van der Waals surface area contributed by atoms with Gasteiger partial charge in [0.05, 0.1) is 10.6 Å². The number of nitrogen functional groups attached to an aromatic ring is 1. The van der Waals surface area contributed by atoms with Gasteiger partial charge in [-0.15, -0.1) is 0 Å². The number of nitrogens with two attached hydrogens (primary N) is 1. The molecule has 0 saturated heterocycles. The number of rotatable bonds is 1. The van der Waals surface area contributed by atoms with Gasteiger partial charge in [0, 0.05) is 5.69 Å². The molecule has 1 rings (SSSR count). The van der Waals surface area contributed by atoms with Crippen LogP contribution in [-0.4, -0.2) is 11.6 Å². The Bertz CT molecular complexity index is 383. The minimum absolute atomic E-state index is 0.298. The second kappa shape index (κ2) is 4.11. The molecule has 0 unspecified atom stereocenters. The van der Waals surface area contributed by atoms with Crippen molar-refractivity contribution in [3.05, 3.63) is 28.8 Å². The van der Waals surface area contributed by atoms with E-state index in [0.717, 1.165) is 0 Å². The molecular formula is C11H14ClNO2. The lowest BCUT2D eigenvalue weighted by atomic mass is 10.1. The zero-order chi connectivity index (χ0) is 11.6. The van der Waals surface area contributed by atoms with E-state index in [1.165, 1.54) is 6.07 Å². The number of halogens is 1. The summed E-state index contributed by atoms with van der Waals surface area (Å²) in [5.74, 6) is -0.459. The fourth-order valence-corrected chi connectivity index (χ4v) is 1.23. The van der Waals surface area contributed by atoms with Crippen molar-refractivity contribution in [2.24, 2.45) is 0 Å². The van der Waals surface area contributed by atoms with Gasteiger partial charge in [0.2, 0.25) is 0 Å². The maximum Gasteiger partial charge on any atom is 0.340 e. The molecule has 0 aliphatic rings. The van der Waals surface area contributed by atoms with Crippen molar-refractivity contribution >= 4 is 23.3 Å². The second-order valence-corrected chi connectivity index (χ2v) is 4.65. The number of hydrogen-bond acceptors (Lipinski definition) is 3. The van der Waals surface area contributed by atoms with Crippen molar-refractivity contribution in [1.29, 1.82) is 0 Å². The zero-order valence-electron chi connectivity index (χ0n) is 9.00. The standard InChI is InChI=1S/C11H14ClNO2/c1-11(2,3)15-10(14)8-6-7(13)4-5-9(8)12/h4-6H,13H2,1-3H3. The van der Waals surface area contributed by atoms with Crippen molar-refractivity contribution in [3.8, 4) is 0 Å². The summed E-state index contributed by atoms with van der Waals surface area (Å²) in [7, 11) is 0. The molecule has 82 valence electrons. The van der Waals surface area contributed by atoms with E-state index in [1.54, 1.807) is 32.9 Å². The van der Waals surface area contributed by atoms with Gasteiger partial charge in [-0.1, -0.05) is 11.6 Å². The molecule has 0 spiro atoms. The molecule has 0 aliphatic heterocycles. The quantitative estimate of drug-likeness (QED) is 0.593. The summed E-state index contributed by atoms with van der Waals surface area (Å²) >= 11 is 5.86. The lowest BCUT2D eigenvalue weighted by Crippen LogP contribution is -2.24. The smallest absolute Gasteiger partial charge is 0.340 e. The third kappa shape index (κ3) is 3.44. The number of carbonyl (C=O) groups is 1. The number of carbonyl (C=O) groups excluding carboxylic acids is 1. The Hall–Kier alpha value is -1.22. The lowest BCUT2D eigenvalue weighted by molar-refractivity contribution is 0.00698. The van der Waals surface area contributed by atoms with Gasteiger partial charge in [0.1, 0.15) is 5.60 Å². The maximum atomic E-state index is 11.7. The van der Waals surface area contributed by atoms with Gasteiger partial charge in [-0.2, -0.15) is 0 Å². The molecule has 0 bridgehead atoms. The van der Waals surface area contributed by atoms with Crippen LogP contribution in [0.4, 0.5) is 5.69 Å². The van der Waals surface area contributed by atoms with Gasteiger partial charge in [-0.3, -0.25) is 0 Å². The number of ether oxygens (including phenoxy) is 1. The highest BCUT2D eigenvalue weighted by Crippen LogP contribution is 2.21. The van der Waals surface area contributed by atoms with Gasteiger partial charge in [0.15, 0.2) is 0 Å². The Kier molecular flexibility index (Phi) is 3.25. The molecule has 1 aromatic rings.